The number of halogens is 4. The van der Waals surface area contributed by atoms with Gasteiger partial charge in [0.15, 0.2) is 0 Å². The molecule has 184 valence electrons. The number of hydrogen-bond acceptors (Lipinski definition) is 5. The van der Waals surface area contributed by atoms with Crippen LogP contribution >= 0.6 is 0 Å². The second kappa shape index (κ2) is 9.65. The van der Waals surface area contributed by atoms with Gasteiger partial charge in [-0.05, 0) is 35.4 Å². The molecule has 3 aromatic rings. The summed E-state index contributed by atoms with van der Waals surface area (Å²) in [5, 5.41) is 11.6. The standard InChI is InChI=1S/C25H18F4N4O3/c1-36-20-9-6-14(12-31-20)22-21(23(34)32-16-7-8-19(26)15(10-16)11-30)17-4-2-3-5-18(17)24(35)33(22)13-25(27,28)29/h2-10,12,21-22H,13H2,1H3,(H,32,34)/t21-,22?/m0/s1. The van der Waals surface area contributed by atoms with Crippen LogP contribution in [0.3, 0.4) is 0 Å². The summed E-state index contributed by atoms with van der Waals surface area (Å²) >= 11 is 0. The van der Waals surface area contributed by atoms with Gasteiger partial charge in [-0.2, -0.15) is 18.4 Å². The van der Waals surface area contributed by atoms with Crippen LogP contribution in [0.4, 0.5) is 23.2 Å². The minimum Gasteiger partial charge on any atom is -0.481 e. The first-order chi connectivity index (χ1) is 17.1. The summed E-state index contributed by atoms with van der Waals surface area (Å²) in [6.07, 6.45) is -3.50. The predicted octanol–water partition coefficient (Wildman–Crippen LogP) is 4.58. The minimum atomic E-state index is -4.75. The van der Waals surface area contributed by atoms with Crippen LogP contribution in [0, 0.1) is 17.1 Å². The number of anilines is 1. The minimum absolute atomic E-state index is 0.0450. The fourth-order valence-electron chi connectivity index (χ4n) is 4.21. The Kier molecular flexibility index (Phi) is 6.61. The van der Waals surface area contributed by atoms with Crippen molar-refractivity contribution < 1.29 is 31.9 Å². The normalized spacial score (nSPS) is 17.2. The number of amides is 2. The number of alkyl halides is 3. The van der Waals surface area contributed by atoms with Gasteiger partial charge < -0.3 is 15.0 Å². The molecule has 0 fully saturated rings. The lowest BCUT2D eigenvalue weighted by molar-refractivity contribution is -0.148. The fraction of sp³-hybridized carbons (Fsp3) is 0.200. The second-order valence-corrected chi connectivity index (χ2v) is 7.99. The average molecular weight is 498 g/mol. The number of nitrogens with zero attached hydrogens (tertiary/aromatic N) is 3. The summed E-state index contributed by atoms with van der Waals surface area (Å²) in [5.41, 5.74) is 0.112. The van der Waals surface area contributed by atoms with E-state index in [4.69, 9.17) is 10.00 Å². The summed E-state index contributed by atoms with van der Waals surface area (Å²) in [4.78, 5) is 31.4. The highest BCUT2D eigenvalue weighted by atomic mass is 19.4. The summed E-state index contributed by atoms with van der Waals surface area (Å²) in [6, 6.07) is 12.4. The molecule has 1 unspecified atom stereocenters. The van der Waals surface area contributed by atoms with Gasteiger partial charge in [0, 0.05) is 23.5 Å². The zero-order valence-electron chi connectivity index (χ0n) is 18.7. The third kappa shape index (κ3) is 4.84. The highest BCUT2D eigenvalue weighted by Crippen LogP contribution is 2.44. The molecule has 1 aromatic heterocycles. The van der Waals surface area contributed by atoms with E-state index in [1.165, 1.54) is 49.7 Å². The molecule has 0 saturated carbocycles. The number of rotatable bonds is 5. The van der Waals surface area contributed by atoms with Crippen molar-refractivity contribution in [3.05, 3.63) is 88.9 Å². The zero-order valence-corrected chi connectivity index (χ0v) is 18.7. The van der Waals surface area contributed by atoms with E-state index >= 15 is 0 Å². The van der Waals surface area contributed by atoms with E-state index in [1.54, 1.807) is 12.1 Å². The summed E-state index contributed by atoms with van der Waals surface area (Å²) < 4.78 is 59.6. The number of aromatic nitrogens is 1. The van der Waals surface area contributed by atoms with Gasteiger partial charge >= 0.3 is 6.18 Å². The molecule has 1 aliphatic rings. The van der Waals surface area contributed by atoms with Gasteiger partial charge in [-0.25, -0.2) is 9.37 Å². The monoisotopic (exact) mass is 498 g/mol. The van der Waals surface area contributed by atoms with Crippen LogP contribution in [0.25, 0.3) is 0 Å². The van der Waals surface area contributed by atoms with Crippen LogP contribution in [-0.2, 0) is 4.79 Å². The van der Waals surface area contributed by atoms with Crippen LogP contribution in [0.2, 0.25) is 0 Å². The molecule has 7 nitrogen and oxygen atoms in total. The first-order valence-corrected chi connectivity index (χ1v) is 10.6. The molecule has 0 radical (unpaired) electrons. The number of nitriles is 1. The van der Waals surface area contributed by atoms with Gasteiger partial charge in [0.25, 0.3) is 5.91 Å². The molecule has 1 N–H and O–H groups in total. The molecule has 4 rings (SSSR count). The molecular formula is C25H18F4N4O3. The van der Waals surface area contributed by atoms with Crippen molar-refractivity contribution in [3.8, 4) is 11.9 Å². The van der Waals surface area contributed by atoms with Crippen molar-refractivity contribution >= 4 is 17.5 Å². The molecule has 0 aliphatic carbocycles. The Morgan fingerprint density at radius 1 is 1.19 bits per heavy atom. The molecule has 2 amide bonds. The molecule has 2 atom stereocenters. The highest BCUT2D eigenvalue weighted by molar-refractivity contribution is 6.04. The first kappa shape index (κ1) is 24.7. The van der Waals surface area contributed by atoms with E-state index in [1.807, 2.05) is 0 Å². The number of ether oxygens (including phenoxy) is 1. The molecule has 0 bridgehead atoms. The molecule has 0 saturated heterocycles. The molecule has 1 aliphatic heterocycles. The van der Waals surface area contributed by atoms with E-state index in [-0.39, 0.29) is 33.8 Å². The predicted molar refractivity (Wildman–Crippen MR) is 120 cm³/mol. The summed E-state index contributed by atoms with van der Waals surface area (Å²) in [7, 11) is 1.37. The summed E-state index contributed by atoms with van der Waals surface area (Å²) in [5.74, 6) is -3.52. The van der Waals surface area contributed by atoms with Gasteiger partial charge in [0.1, 0.15) is 18.4 Å². The van der Waals surface area contributed by atoms with Crippen LogP contribution < -0.4 is 10.1 Å². The second-order valence-electron chi connectivity index (χ2n) is 7.99. The van der Waals surface area contributed by atoms with E-state index in [2.05, 4.69) is 10.3 Å². The van der Waals surface area contributed by atoms with Crippen LogP contribution in [0.15, 0.2) is 60.8 Å². The Hall–Kier alpha value is -4.46. The van der Waals surface area contributed by atoms with Crippen molar-refractivity contribution in [3.63, 3.8) is 0 Å². The zero-order chi connectivity index (χ0) is 26.0. The number of carbonyl (C=O) groups is 2. The number of methoxy groups -OCH3 is 1. The third-order valence-electron chi connectivity index (χ3n) is 5.73. The lowest BCUT2D eigenvalue weighted by atomic mass is 9.79. The van der Waals surface area contributed by atoms with Crippen molar-refractivity contribution in [1.29, 1.82) is 5.26 Å². The topological polar surface area (TPSA) is 95.3 Å². The first-order valence-electron chi connectivity index (χ1n) is 10.6. The lowest BCUT2D eigenvalue weighted by Crippen LogP contribution is -2.49. The van der Waals surface area contributed by atoms with Crippen LogP contribution in [0.1, 0.15) is 39.0 Å². The Morgan fingerprint density at radius 3 is 2.58 bits per heavy atom. The number of benzene rings is 2. The maximum atomic E-state index is 13.8. The number of hydrogen-bond donors (Lipinski definition) is 1. The average Bonchev–Trinajstić information content (AvgIpc) is 2.86. The number of fused-ring (bicyclic) bond motifs is 1. The van der Waals surface area contributed by atoms with E-state index in [9.17, 15) is 27.2 Å². The van der Waals surface area contributed by atoms with Crippen molar-refractivity contribution in [2.24, 2.45) is 0 Å². The summed E-state index contributed by atoms with van der Waals surface area (Å²) in [6.45, 7) is -1.60. The van der Waals surface area contributed by atoms with Gasteiger partial charge in [-0.15, -0.1) is 0 Å². The Balaban J connectivity index is 1.85. The number of nitrogens with one attached hydrogen (secondary N) is 1. The molecule has 2 aromatic carbocycles. The van der Waals surface area contributed by atoms with Gasteiger partial charge in [0.2, 0.25) is 11.8 Å². The Bertz CT molecular complexity index is 1350. The third-order valence-corrected chi connectivity index (χ3v) is 5.73. The smallest absolute Gasteiger partial charge is 0.406 e. The molecule has 0 spiro atoms. The molecule has 2 heterocycles. The van der Waals surface area contributed by atoms with Gasteiger partial charge in [-0.3, -0.25) is 9.59 Å². The van der Waals surface area contributed by atoms with Crippen LogP contribution in [0.5, 0.6) is 5.88 Å². The molecule has 11 heteroatoms. The highest BCUT2D eigenvalue weighted by Gasteiger charge is 2.47. The van der Waals surface area contributed by atoms with E-state index in [0.717, 1.165) is 12.1 Å². The fourth-order valence-corrected chi connectivity index (χ4v) is 4.21. The maximum Gasteiger partial charge on any atom is 0.406 e. The van der Waals surface area contributed by atoms with Gasteiger partial charge in [-0.1, -0.05) is 24.3 Å². The van der Waals surface area contributed by atoms with Crippen molar-refractivity contribution in [2.45, 2.75) is 18.1 Å². The Labute approximate surface area is 202 Å². The molecule has 36 heavy (non-hydrogen) atoms. The SMILES string of the molecule is COc1ccc(C2[C@@H](C(=O)Nc3ccc(F)c(C#N)c3)c3ccccc3C(=O)N2CC(F)(F)F)cn1. The quantitative estimate of drug-likeness (QED) is 0.520. The van der Waals surface area contributed by atoms with Crippen LogP contribution in [-0.4, -0.2) is 41.5 Å². The molecular weight excluding hydrogens is 480 g/mol. The van der Waals surface area contributed by atoms with Crippen molar-refractivity contribution in [1.82, 2.24) is 9.88 Å². The number of pyridine rings is 1. The maximum absolute atomic E-state index is 13.8. The van der Waals surface area contributed by atoms with E-state index < -0.39 is 42.3 Å². The Morgan fingerprint density at radius 2 is 1.94 bits per heavy atom. The van der Waals surface area contributed by atoms with Crippen molar-refractivity contribution in [2.75, 3.05) is 19.0 Å². The van der Waals surface area contributed by atoms with E-state index in [0.29, 0.717) is 4.90 Å². The largest absolute Gasteiger partial charge is 0.481 e. The number of carbonyl (C=O) groups excluding carboxylic acids is 2. The lowest BCUT2D eigenvalue weighted by Gasteiger charge is -2.41. The van der Waals surface area contributed by atoms with Gasteiger partial charge in [0.05, 0.1) is 24.6 Å².